The second-order valence-corrected chi connectivity index (χ2v) is 4.82. The standard InChI is InChI=1S/C11H18ClN3O/c1-8-5-3-4-6-9(8)15(2)11-14-13-10(7-12)16-11/h8-9H,3-7H2,1-2H3. The van der Waals surface area contributed by atoms with Crippen molar-refractivity contribution in [3.8, 4) is 0 Å². The maximum atomic E-state index is 5.64. The second kappa shape index (κ2) is 5.04. The predicted molar refractivity (Wildman–Crippen MR) is 63.7 cm³/mol. The summed E-state index contributed by atoms with van der Waals surface area (Å²) in [4.78, 5) is 2.10. The Balaban J connectivity index is 2.07. The Morgan fingerprint density at radius 3 is 2.75 bits per heavy atom. The van der Waals surface area contributed by atoms with Gasteiger partial charge >= 0.3 is 6.01 Å². The van der Waals surface area contributed by atoms with Crippen LogP contribution >= 0.6 is 11.6 Å². The molecule has 1 fully saturated rings. The predicted octanol–water partition coefficient (Wildman–Crippen LogP) is 2.82. The molecule has 0 spiro atoms. The molecule has 0 bridgehead atoms. The van der Waals surface area contributed by atoms with E-state index in [0.29, 0.717) is 23.9 Å². The zero-order chi connectivity index (χ0) is 11.5. The van der Waals surface area contributed by atoms with E-state index in [1.807, 2.05) is 7.05 Å². The fraction of sp³-hybridized carbons (Fsp3) is 0.818. The molecule has 16 heavy (non-hydrogen) atoms. The van der Waals surface area contributed by atoms with Crippen LogP contribution in [0.3, 0.4) is 0 Å². The monoisotopic (exact) mass is 243 g/mol. The van der Waals surface area contributed by atoms with Crippen molar-refractivity contribution in [2.24, 2.45) is 5.92 Å². The van der Waals surface area contributed by atoms with Gasteiger partial charge in [-0.3, -0.25) is 0 Å². The second-order valence-electron chi connectivity index (χ2n) is 4.55. The van der Waals surface area contributed by atoms with Crippen molar-refractivity contribution in [3.63, 3.8) is 0 Å². The van der Waals surface area contributed by atoms with Crippen LogP contribution in [-0.4, -0.2) is 23.3 Å². The molecule has 0 aliphatic heterocycles. The fourth-order valence-electron chi connectivity index (χ4n) is 2.46. The molecule has 5 heteroatoms. The highest BCUT2D eigenvalue weighted by atomic mass is 35.5. The molecule has 4 nitrogen and oxygen atoms in total. The number of alkyl halides is 1. The van der Waals surface area contributed by atoms with Gasteiger partial charge in [0, 0.05) is 13.1 Å². The van der Waals surface area contributed by atoms with E-state index in [1.165, 1.54) is 25.7 Å². The Morgan fingerprint density at radius 1 is 1.38 bits per heavy atom. The first-order valence-electron chi connectivity index (χ1n) is 5.83. The lowest BCUT2D eigenvalue weighted by Gasteiger charge is -2.35. The van der Waals surface area contributed by atoms with Crippen molar-refractivity contribution >= 4 is 17.6 Å². The van der Waals surface area contributed by atoms with Crippen molar-refractivity contribution in [2.45, 2.75) is 44.5 Å². The van der Waals surface area contributed by atoms with Crippen molar-refractivity contribution in [1.29, 1.82) is 0 Å². The Kier molecular flexibility index (Phi) is 3.69. The Hall–Kier alpha value is -0.770. The van der Waals surface area contributed by atoms with Crippen LogP contribution in [0.2, 0.25) is 0 Å². The third kappa shape index (κ3) is 2.32. The molecule has 0 aromatic carbocycles. The molecule has 0 N–H and O–H groups in total. The number of halogens is 1. The van der Waals surface area contributed by atoms with E-state index in [4.69, 9.17) is 16.0 Å². The lowest BCUT2D eigenvalue weighted by Crippen LogP contribution is -2.39. The summed E-state index contributed by atoms with van der Waals surface area (Å²) in [6.07, 6.45) is 5.11. The number of aromatic nitrogens is 2. The van der Waals surface area contributed by atoms with E-state index in [-0.39, 0.29) is 5.88 Å². The normalized spacial score (nSPS) is 25.7. The fourth-order valence-corrected chi connectivity index (χ4v) is 2.56. The van der Waals surface area contributed by atoms with Crippen LogP contribution in [0.15, 0.2) is 4.42 Å². The molecule has 1 saturated carbocycles. The van der Waals surface area contributed by atoms with Gasteiger partial charge in [-0.1, -0.05) is 24.9 Å². The quantitative estimate of drug-likeness (QED) is 0.766. The Bertz CT molecular complexity index is 342. The molecular formula is C11H18ClN3O. The summed E-state index contributed by atoms with van der Waals surface area (Å²) in [5.74, 6) is 1.46. The number of nitrogens with zero attached hydrogens (tertiary/aromatic N) is 3. The van der Waals surface area contributed by atoms with Gasteiger partial charge < -0.3 is 9.32 Å². The third-order valence-electron chi connectivity index (χ3n) is 3.44. The van der Waals surface area contributed by atoms with Gasteiger partial charge in [-0.05, 0) is 18.8 Å². The number of anilines is 1. The minimum absolute atomic E-state index is 0.279. The maximum absolute atomic E-state index is 5.64. The van der Waals surface area contributed by atoms with Gasteiger partial charge in [0.05, 0.1) is 0 Å². The van der Waals surface area contributed by atoms with Crippen molar-refractivity contribution in [1.82, 2.24) is 10.2 Å². The largest absolute Gasteiger partial charge is 0.407 e. The summed E-state index contributed by atoms with van der Waals surface area (Å²) in [6.45, 7) is 2.29. The molecule has 1 aromatic rings. The van der Waals surface area contributed by atoms with Crippen LogP contribution in [0, 0.1) is 5.92 Å². The van der Waals surface area contributed by atoms with E-state index in [1.54, 1.807) is 0 Å². The molecule has 2 unspecified atom stereocenters. The molecule has 2 rings (SSSR count). The summed E-state index contributed by atoms with van der Waals surface area (Å²) >= 11 is 5.64. The van der Waals surface area contributed by atoms with Gasteiger partial charge in [0.25, 0.3) is 0 Å². The molecule has 1 aliphatic rings. The van der Waals surface area contributed by atoms with Gasteiger partial charge in [0.2, 0.25) is 5.89 Å². The first-order chi connectivity index (χ1) is 7.72. The zero-order valence-electron chi connectivity index (χ0n) is 9.82. The summed E-state index contributed by atoms with van der Waals surface area (Å²) in [5.41, 5.74) is 0. The molecule has 0 amide bonds. The van der Waals surface area contributed by atoms with Crippen LogP contribution in [-0.2, 0) is 5.88 Å². The van der Waals surface area contributed by atoms with Gasteiger partial charge in [-0.15, -0.1) is 16.7 Å². The molecule has 1 heterocycles. The highest BCUT2D eigenvalue weighted by molar-refractivity contribution is 6.16. The van der Waals surface area contributed by atoms with Crippen LogP contribution in [0.5, 0.6) is 0 Å². The zero-order valence-corrected chi connectivity index (χ0v) is 10.6. The molecule has 0 saturated heterocycles. The highest BCUT2D eigenvalue weighted by Crippen LogP contribution is 2.29. The van der Waals surface area contributed by atoms with E-state index >= 15 is 0 Å². The van der Waals surface area contributed by atoms with Crippen LogP contribution in [0.25, 0.3) is 0 Å². The van der Waals surface area contributed by atoms with Crippen molar-refractivity contribution in [2.75, 3.05) is 11.9 Å². The minimum Gasteiger partial charge on any atom is -0.407 e. The van der Waals surface area contributed by atoms with E-state index < -0.39 is 0 Å². The Morgan fingerprint density at radius 2 is 2.12 bits per heavy atom. The number of rotatable bonds is 3. The lowest BCUT2D eigenvalue weighted by molar-refractivity contribution is 0.310. The van der Waals surface area contributed by atoms with Gasteiger partial charge in [-0.25, -0.2) is 0 Å². The highest BCUT2D eigenvalue weighted by Gasteiger charge is 2.27. The average Bonchev–Trinajstić information content (AvgIpc) is 2.77. The summed E-state index contributed by atoms with van der Waals surface area (Å²) in [5, 5.41) is 7.91. The summed E-state index contributed by atoms with van der Waals surface area (Å²) in [6, 6.07) is 1.10. The van der Waals surface area contributed by atoms with Crippen molar-refractivity contribution in [3.05, 3.63) is 5.89 Å². The molecule has 1 aliphatic carbocycles. The number of hydrogen-bond donors (Lipinski definition) is 0. The summed E-state index contributed by atoms with van der Waals surface area (Å²) in [7, 11) is 2.03. The maximum Gasteiger partial charge on any atom is 0.318 e. The number of hydrogen-bond acceptors (Lipinski definition) is 4. The first kappa shape index (κ1) is 11.7. The van der Waals surface area contributed by atoms with Gasteiger partial charge in [0.1, 0.15) is 5.88 Å². The lowest BCUT2D eigenvalue weighted by atomic mass is 9.85. The van der Waals surface area contributed by atoms with Gasteiger partial charge in [-0.2, -0.15) is 0 Å². The van der Waals surface area contributed by atoms with Crippen molar-refractivity contribution < 1.29 is 4.42 Å². The SMILES string of the molecule is CC1CCCCC1N(C)c1nnc(CCl)o1. The van der Waals surface area contributed by atoms with Crippen LogP contribution in [0.1, 0.15) is 38.5 Å². The third-order valence-corrected chi connectivity index (χ3v) is 3.66. The minimum atomic E-state index is 0.279. The topological polar surface area (TPSA) is 42.2 Å². The van der Waals surface area contributed by atoms with Crippen LogP contribution < -0.4 is 4.90 Å². The molecular weight excluding hydrogens is 226 g/mol. The molecule has 90 valence electrons. The average molecular weight is 244 g/mol. The Labute approximate surface area is 101 Å². The summed E-state index contributed by atoms with van der Waals surface area (Å²) < 4.78 is 5.47. The molecule has 0 radical (unpaired) electrons. The molecule has 2 atom stereocenters. The van der Waals surface area contributed by atoms with Gasteiger partial charge in [0.15, 0.2) is 0 Å². The smallest absolute Gasteiger partial charge is 0.318 e. The van der Waals surface area contributed by atoms with E-state index in [9.17, 15) is 0 Å². The van der Waals surface area contributed by atoms with Crippen LogP contribution in [0.4, 0.5) is 6.01 Å². The van der Waals surface area contributed by atoms with E-state index in [2.05, 4.69) is 22.0 Å². The molecule has 1 aromatic heterocycles. The first-order valence-corrected chi connectivity index (χ1v) is 6.37. The van der Waals surface area contributed by atoms with E-state index in [0.717, 1.165) is 0 Å².